The molecule has 0 saturated carbocycles. The molecule has 164 valence electrons. The molecule has 4 aromatic rings. The Bertz CT molecular complexity index is 1230. The molecule has 0 aliphatic heterocycles. The molecule has 1 amide bonds. The summed E-state index contributed by atoms with van der Waals surface area (Å²) < 4.78 is 12.5. The van der Waals surface area contributed by atoms with Crippen LogP contribution >= 0.6 is 11.8 Å². The molecule has 0 atom stereocenters. The second kappa shape index (κ2) is 10.1. The van der Waals surface area contributed by atoms with Gasteiger partial charge in [-0.3, -0.25) is 14.2 Å². The Morgan fingerprint density at radius 1 is 1.19 bits per heavy atom. The van der Waals surface area contributed by atoms with Crippen LogP contribution in [0.5, 0.6) is 5.75 Å². The Morgan fingerprint density at radius 2 is 2.00 bits per heavy atom. The monoisotopic (exact) mass is 450 g/mol. The number of nitrogens with one attached hydrogen (secondary N) is 1. The van der Waals surface area contributed by atoms with Gasteiger partial charge < -0.3 is 14.5 Å². The summed E-state index contributed by atoms with van der Waals surface area (Å²) in [7, 11) is 0. The molecule has 0 bridgehead atoms. The van der Waals surface area contributed by atoms with Crippen LogP contribution in [0.15, 0.2) is 75.4 Å². The molecule has 0 radical (unpaired) electrons. The van der Waals surface area contributed by atoms with Gasteiger partial charge in [0.1, 0.15) is 11.3 Å². The number of thioether (sulfide) groups is 1. The van der Waals surface area contributed by atoms with Crippen LogP contribution in [-0.2, 0) is 11.3 Å². The number of oxazole rings is 1. The van der Waals surface area contributed by atoms with Crippen molar-refractivity contribution in [1.29, 1.82) is 0 Å². The fourth-order valence-corrected chi connectivity index (χ4v) is 3.72. The normalized spacial score (nSPS) is 10.9. The number of para-hydroxylation sites is 2. The van der Waals surface area contributed by atoms with Crippen LogP contribution < -0.4 is 15.6 Å². The molecule has 4 rings (SSSR count). The molecule has 0 fully saturated rings. The van der Waals surface area contributed by atoms with E-state index >= 15 is 0 Å². The van der Waals surface area contributed by atoms with Gasteiger partial charge in [-0.1, -0.05) is 23.9 Å². The largest absolute Gasteiger partial charge is 0.494 e. The summed E-state index contributed by atoms with van der Waals surface area (Å²) in [5, 5.41) is 3.25. The van der Waals surface area contributed by atoms with Crippen LogP contribution in [0.25, 0.3) is 22.4 Å². The molecule has 1 N–H and O–H groups in total. The molecule has 0 spiro atoms. The predicted molar refractivity (Wildman–Crippen MR) is 123 cm³/mol. The average Bonchev–Trinajstić information content (AvgIpc) is 3.23. The van der Waals surface area contributed by atoms with Crippen molar-refractivity contribution in [3.05, 3.63) is 71.3 Å². The summed E-state index contributed by atoms with van der Waals surface area (Å²) in [6.07, 6.45) is 1.49. The van der Waals surface area contributed by atoms with Gasteiger partial charge in [-0.05, 0) is 43.3 Å². The zero-order valence-electron chi connectivity index (χ0n) is 17.5. The SMILES string of the molecule is CCOc1ccc(-c2cc(=O)n(CCNC(=O)CSc3nc4ccccc4o3)cn2)cc1. The summed E-state index contributed by atoms with van der Waals surface area (Å²) in [5.74, 6) is 0.787. The maximum Gasteiger partial charge on any atom is 0.257 e. The van der Waals surface area contributed by atoms with Crippen LogP contribution in [0.1, 0.15) is 6.92 Å². The lowest BCUT2D eigenvalue weighted by atomic mass is 10.1. The highest BCUT2D eigenvalue weighted by Crippen LogP contribution is 2.23. The highest BCUT2D eigenvalue weighted by Gasteiger charge is 2.09. The molecule has 9 heteroatoms. The number of carbonyl (C=O) groups excluding carboxylic acids is 1. The van der Waals surface area contributed by atoms with E-state index in [2.05, 4.69) is 15.3 Å². The summed E-state index contributed by atoms with van der Waals surface area (Å²) in [6, 6.07) is 16.4. The van der Waals surface area contributed by atoms with Crippen LogP contribution in [0, 0.1) is 0 Å². The lowest BCUT2D eigenvalue weighted by molar-refractivity contribution is -0.118. The lowest BCUT2D eigenvalue weighted by Gasteiger charge is -2.08. The molecule has 0 unspecified atom stereocenters. The second-order valence-corrected chi connectivity index (χ2v) is 7.78. The van der Waals surface area contributed by atoms with Gasteiger partial charge >= 0.3 is 0 Å². The van der Waals surface area contributed by atoms with Crippen LogP contribution in [0.4, 0.5) is 0 Å². The first-order chi connectivity index (χ1) is 15.6. The minimum Gasteiger partial charge on any atom is -0.494 e. The zero-order chi connectivity index (χ0) is 22.3. The minimum absolute atomic E-state index is 0.163. The Labute approximate surface area is 188 Å². The van der Waals surface area contributed by atoms with Crippen molar-refractivity contribution in [2.45, 2.75) is 18.7 Å². The summed E-state index contributed by atoms with van der Waals surface area (Å²) in [5.41, 5.74) is 2.70. The maximum absolute atomic E-state index is 12.4. The molecule has 2 heterocycles. The Morgan fingerprint density at radius 3 is 2.75 bits per heavy atom. The van der Waals surface area contributed by atoms with Crippen LogP contribution in [0.2, 0.25) is 0 Å². The first-order valence-corrected chi connectivity index (χ1v) is 11.2. The molecular weight excluding hydrogens is 428 g/mol. The number of amides is 1. The standard InChI is InChI=1S/C23H22N4O4S/c1-2-30-17-9-7-16(8-10-17)19-13-22(29)27(15-25-19)12-11-24-21(28)14-32-23-26-18-5-3-4-6-20(18)31-23/h3-10,13,15H,2,11-12,14H2,1H3,(H,24,28). The number of rotatable bonds is 9. The van der Waals surface area contributed by atoms with Crippen molar-refractivity contribution in [2.75, 3.05) is 18.9 Å². The van der Waals surface area contributed by atoms with Crippen molar-refractivity contribution in [3.63, 3.8) is 0 Å². The number of ether oxygens (including phenoxy) is 1. The average molecular weight is 451 g/mol. The van der Waals surface area contributed by atoms with Crippen molar-refractivity contribution < 1.29 is 13.9 Å². The molecule has 32 heavy (non-hydrogen) atoms. The van der Waals surface area contributed by atoms with Gasteiger partial charge in [0.05, 0.1) is 24.4 Å². The van der Waals surface area contributed by atoms with Gasteiger partial charge in [0.25, 0.3) is 10.8 Å². The van der Waals surface area contributed by atoms with Crippen molar-refractivity contribution >= 4 is 28.8 Å². The number of fused-ring (bicyclic) bond motifs is 1. The van der Waals surface area contributed by atoms with Crippen molar-refractivity contribution in [2.24, 2.45) is 0 Å². The molecule has 0 aliphatic carbocycles. The van der Waals surface area contributed by atoms with E-state index in [0.717, 1.165) is 16.8 Å². The van der Waals surface area contributed by atoms with E-state index in [1.54, 1.807) is 0 Å². The highest BCUT2D eigenvalue weighted by molar-refractivity contribution is 7.99. The smallest absolute Gasteiger partial charge is 0.257 e. The molecule has 2 aromatic carbocycles. The molecule has 8 nitrogen and oxygen atoms in total. The van der Waals surface area contributed by atoms with Crippen molar-refractivity contribution in [1.82, 2.24) is 19.9 Å². The Hall–Kier alpha value is -3.59. The van der Waals surface area contributed by atoms with Gasteiger partial charge in [-0.2, -0.15) is 0 Å². The van der Waals surface area contributed by atoms with Crippen LogP contribution in [0.3, 0.4) is 0 Å². The van der Waals surface area contributed by atoms with Crippen LogP contribution in [-0.4, -0.2) is 39.3 Å². The van der Waals surface area contributed by atoms with Gasteiger partial charge in [0.15, 0.2) is 5.58 Å². The summed E-state index contributed by atoms with van der Waals surface area (Å²) in [4.78, 5) is 33.2. The van der Waals surface area contributed by atoms with E-state index in [-0.39, 0.29) is 17.2 Å². The highest BCUT2D eigenvalue weighted by atomic mass is 32.2. The molecule has 2 aromatic heterocycles. The van der Waals surface area contributed by atoms with E-state index in [4.69, 9.17) is 9.15 Å². The van der Waals surface area contributed by atoms with E-state index in [1.165, 1.54) is 28.7 Å². The number of benzene rings is 2. The quantitative estimate of drug-likeness (QED) is 0.390. The lowest BCUT2D eigenvalue weighted by Crippen LogP contribution is -2.31. The number of hydrogen-bond acceptors (Lipinski definition) is 7. The van der Waals surface area contributed by atoms with E-state index in [0.29, 0.717) is 36.2 Å². The number of aromatic nitrogens is 3. The summed E-state index contributed by atoms with van der Waals surface area (Å²) in [6.45, 7) is 3.17. The first kappa shape index (κ1) is 21.6. The third-order valence-corrected chi connectivity index (χ3v) is 5.44. The minimum atomic E-state index is -0.181. The van der Waals surface area contributed by atoms with Gasteiger partial charge in [0, 0.05) is 24.7 Å². The Balaban J connectivity index is 1.27. The Kier molecular flexibility index (Phi) is 6.86. The van der Waals surface area contributed by atoms with Crippen molar-refractivity contribution in [3.8, 4) is 17.0 Å². The van der Waals surface area contributed by atoms with E-state index in [9.17, 15) is 9.59 Å². The third kappa shape index (κ3) is 5.36. The molecular formula is C23H22N4O4S. The van der Waals surface area contributed by atoms with E-state index in [1.807, 2.05) is 55.5 Å². The van der Waals surface area contributed by atoms with E-state index < -0.39 is 0 Å². The zero-order valence-corrected chi connectivity index (χ0v) is 18.3. The third-order valence-electron chi connectivity index (χ3n) is 4.62. The summed E-state index contributed by atoms with van der Waals surface area (Å²) >= 11 is 1.23. The van der Waals surface area contributed by atoms with Gasteiger partial charge in [-0.15, -0.1) is 0 Å². The van der Waals surface area contributed by atoms with Gasteiger partial charge in [0.2, 0.25) is 5.91 Å². The fraction of sp³-hybridized carbons (Fsp3) is 0.217. The number of hydrogen-bond donors (Lipinski definition) is 1. The molecule has 0 saturated heterocycles. The maximum atomic E-state index is 12.4. The fourth-order valence-electron chi connectivity index (χ4n) is 3.05. The van der Waals surface area contributed by atoms with Gasteiger partial charge in [-0.25, -0.2) is 9.97 Å². The topological polar surface area (TPSA) is 99.2 Å². The second-order valence-electron chi connectivity index (χ2n) is 6.85. The predicted octanol–water partition coefficient (Wildman–Crippen LogP) is 3.36. The first-order valence-electron chi connectivity index (χ1n) is 10.2. The number of carbonyl (C=O) groups is 1. The number of nitrogens with zero attached hydrogens (tertiary/aromatic N) is 3. The molecule has 0 aliphatic rings.